The molecule has 0 aliphatic rings. The summed E-state index contributed by atoms with van der Waals surface area (Å²) in [5.74, 6) is -2.35. The summed E-state index contributed by atoms with van der Waals surface area (Å²) in [6, 6.07) is -1.38. The first kappa shape index (κ1) is 10.2. The number of thiol groups is 1. The van der Waals surface area contributed by atoms with Gasteiger partial charge in [0.2, 0.25) is 5.91 Å². The molecule has 1 N–H and O–H groups in total. The van der Waals surface area contributed by atoms with Gasteiger partial charge < -0.3 is 15.4 Å². The molecule has 0 aromatic rings. The van der Waals surface area contributed by atoms with Crippen LogP contribution in [0.2, 0.25) is 0 Å². The second-order valence-electron chi connectivity index (χ2n) is 1.88. The van der Waals surface area contributed by atoms with E-state index in [-0.39, 0.29) is 10.8 Å². The number of carbonyl (C=O) groups excluding carboxylic acids is 1. The predicted octanol–water partition coefficient (Wildman–Crippen LogP) is -0.284. The zero-order valence-corrected chi connectivity index (χ0v) is 6.75. The lowest BCUT2D eigenvalue weighted by atomic mass is 10.3. The van der Waals surface area contributed by atoms with Gasteiger partial charge in [-0.3, -0.25) is 4.79 Å². The molecule has 0 aromatic carbocycles. The van der Waals surface area contributed by atoms with E-state index in [1.54, 1.807) is 0 Å². The summed E-state index contributed by atoms with van der Waals surface area (Å²) in [7, 11) is 0. The van der Waals surface area contributed by atoms with Gasteiger partial charge in [0.15, 0.2) is 0 Å². The molecule has 0 fully saturated rings. The van der Waals surface area contributed by atoms with Crippen LogP contribution in [0, 0.1) is 5.21 Å². The molecule has 64 valence electrons. The molecule has 11 heavy (non-hydrogen) atoms. The second-order valence-corrected chi connectivity index (χ2v) is 2.25. The maximum atomic E-state index is 10.7. The standard InChI is InChI=1S/C5H8NO4S/c1-3(7)6(10)4(2-11)5(8)9/h4,11H,2H2,1H3,(H,8,9)/q-1. The zero-order chi connectivity index (χ0) is 9.02. The molecule has 6 heteroatoms. The number of aliphatic carboxylic acids is 1. The van der Waals surface area contributed by atoms with Crippen LogP contribution in [0.5, 0.6) is 0 Å². The Hall–Kier alpha value is -0.750. The van der Waals surface area contributed by atoms with Gasteiger partial charge in [0.05, 0.1) is 0 Å². The van der Waals surface area contributed by atoms with Crippen molar-refractivity contribution < 1.29 is 14.7 Å². The third-order valence-corrected chi connectivity index (χ3v) is 1.40. The molecule has 0 aliphatic carbocycles. The number of carbonyl (C=O) groups is 2. The minimum absolute atomic E-state index is 0.102. The molecule has 0 heterocycles. The number of hydrogen-bond acceptors (Lipinski definition) is 4. The summed E-state index contributed by atoms with van der Waals surface area (Å²) >= 11 is 3.61. The summed E-state index contributed by atoms with van der Waals surface area (Å²) in [6.45, 7) is 1.01. The Morgan fingerprint density at radius 1 is 1.73 bits per heavy atom. The number of hydrogen-bond donors (Lipinski definition) is 2. The van der Waals surface area contributed by atoms with E-state index >= 15 is 0 Å². The lowest BCUT2D eigenvalue weighted by molar-refractivity contribution is -0.146. The third-order valence-electron chi connectivity index (χ3n) is 1.05. The van der Waals surface area contributed by atoms with Gasteiger partial charge in [0.25, 0.3) is 0 Å². The summed E-state index contributed by atoms with van der Waals surface area (Å²) < 4.78 is 0. The summed E-state index contributed by atoms with van der Waals surface area (Å²) in [5, 5.41) is 18.9. The average Bonchev–Trinajstić information content (AvgIpc) is 1.88. The zero-order valence-electron chi connectivity index (χ0n) is 5.85. The molecule has 0 aromatic heterocycles. The minimum Gasteiger partial charge on any atom is -0.756 e. The van der Waals surface area contributed by atoms with Gasteiger partial charge in [-0.1, -0.05) is 0 Å². The molecule has 0 bridgehead atoms. The van der Waals surface area contributed by atoms with E-state index in [1.807, 2.05) is 0 Å². The second kappa shape index (κ2) is 4.20. The Morgan fingerprint density at radius 3 is 2.27 bits per heavy atom. The van der Waals surface area contributed by atoms with Crippen LogP contribution >= 0.6 is 12.6 Å². The smallest absolute Gasteiger partial charge is 0.326 e. The van der Waals surface area contributed by atoms with Crippen LogP contribution in [-0.2, 0) is 9.59 Å². The molecule has 0 radical (unpaired) electrons. The highest BCUT2D eigenvalue weighted by Crippen LogP contribution is 2.00. The van der Waals surface area contributed by atoms with Gasteiger partial charge in [-0.15, -0.1) is 0 Å². The molecular formula is C5H8NO4S-. The molecule has 0 rings (SSSR count). The van der Waals surface area contributed by atoms with Gasteiger partial charge >= 0.3 is 5.97 Å². The molecular weight excluding hydrogens is 170 g/mol. The number of carboxylic acid groups (broad SMARTS) is 1. The first-order valence-corrected chi connectivity index (χ1v) is 3.44. The van der Waals surface area contributed by atoms with Crippen molar-refractivity contribution in [3.05, 3.63) is 5.21 Å². The maximum Gasteiger partial charge on any atom is 0.326 e. The lowest BCUT2D eigenvalue weighted by Gasteiger charge is -2.31. The van der Waals surface area contributed by atoms with Gasteiger partial charge in [-0.25, -0.2) is 4.79 Å². The van der Waals surface area contributed by atoms with Gasteiger partial charge in [-0.05, 0) is 0 Å². The molecule has 0 spiro atoms. The monoisotopic (exact) mass is 178 g/mol. The van der Waals surface area contributed by atoms with E-state index in [0.29, 0.717) is 0 Å². The summed E-state index contributed by atoms with van der Waals surface area (Å²) in [4.78, 5) is 20.6. The fourth-order valence-corrected chi connectivity index (χ4v) is 0.777. The summed E-state index contributed by atoms with van der Waals surface area (Å²) in [6.07, 6.45) is 0. The van der Waals surface area contributed by atoms with E-state index in [9.17, 15) is 14.8 Å². The number of amides is 1. The van der Waals surface area contributed by atoms with Crippen molar-refractivity contribution in [3.8, 4) is 0 Å². The Balaban J connectivity index is 4.25. The lowest BCUT2D eigenvalue weighted by Crippen LogP contribution is -2.41. The highest BCUT2D eigenvalue weighted by Gasteiger charge is 2.18. The van der Waals surface area contributed by atoms with E-state index < -0.39 is 17.9 Å². The fourth-order valence-electron chi connectivity index (χ4n) is 0.472. The molecule has 1 atom stereocenters. The highest BCUT2D eigenvalue weighted by molar-refractivity contribution is 7.80. The first-order valence-electron chi connectivity index (χ1n) is 2.81. The van der Waals surface area contributed by atoms with Gasteiger partial charge in [0, 0.05) is 12.7 Å². The predicted molar refractivity (Wildman–Crippen MR) is 41.2 cm³/mol. The molecule has 1 amide bonds. The van der Waals surface area contributed by atoms with Crippen molar-refractivity contribution in [2.24, 2.45) is 0 Å². The third kappa shape index (κ3) is 2.77. The van der Waals surface area contributed by atoms with Crippen LogP contribution in [0.4, 0.5) is 0 Å². The minimum atomic E-state index is -1.38. The molecule has 0 aliphatic heterocycles. The SMILES string of the molecule is CC(=O)N([O-])C(CS)C(=O)O. The van der Waals surface area contributed by atoms with Crippen molar-refractivity contribution >= 4 is 24.5 Å². The quantitative estimate of drug-likeness (QED) is 0.460. The Bertz CT molecular complexity index is 172. The Labute approximate surface area is 69.0 Å². The normalized spacial score (nSPS) is 12.3. The van der Waals surface area contributed by atoms with Gasteiger partial charge in [0.1, 0.15) is 6.04 Å². The van der Waals surface area contributed by atoms with E-state index in [1.165, 1.54) is 0 Å². The molecule has 1 unspecified atom stereocenters. The fraction of sp³-hybridized carbons (Fsp3) is 0.600. The number of rotatable bonds is 3. The Kier molecular flexibility index (Phi) is 3.91. The highest BCUT2D eigenvalue weighted by atomic mass is 32.1. The van der Waals surface area contributed by atoms with Crippen LogP contribution in [0.15, 0.2) is 0 Å². The Morgan fingerprint density at radius 2 is 2.18 bits per heavy atom. The van der Waals surface area contributed by atoms with Crippen molar-refractivity contribution in [1.29, 1.82) is 0 Å². The molecule has 0 saturated carbocycles. The topological polar surface area (TPSA) is 80.7 Å². The van der Waals surface area contributed by atoms with Crippen molar-refractivity contribution in [2.45, 2.75) is 13.0 Å². The maximum absolute atomic E-state index is 10.7. The van der Waals surface area contributed by atoms with Crippen molar-refractivity contribution in [2.75, 3.05) is 5.75 Å². The van der Waals surface area contributed by atoms with E-state index in [0.717, 1.165) is 6.92 Å². The largest absolute Gasteiger partial charge is 0.756 e. The van der Waals surface area contributed by atoms with Crippen molar-refractivity contribution in [1.82, 2.24) is 5.06 Å². The van der Waals surface area contributed by atoms with Crippen LogP contribution in [0.1, 0.15) is 6.92 Å². The van der Waals surface area contributed by atoms with E-state index in [4.69, 9.17) is 5.11 Å². The van der Waals surface area contributed by atoms with Crippen LogP contribution in [0.3, 0.4) is 0 Å². The number of hydroxylamine groups is 2. The van der Waals surface area contributed by atoms with Crippen LogP contribution < -0.4 is 0 Å². The van der Waals surface area contributed by atoms with Crippen LogP contribution in [0.25, 0.3) is 0 Å². The number of nitrogens with zero attached hydrogens (tertiary/aromatic N) is 1. The van der Waals surface area contributed by atoms with Crippen molar-refractivity contribution in [3.63, 3.8) is 0 Å². The molecule has 5 nitrogen and oxygen atoms in total. The van der Waals surface area contributed by atoms with Gasteiger partial charge in [-0.2, -0.15) is 12.6 Å². The average molecular weight is 178 g/mol. The molecule has 0 saturated heterocycles. The first-order chi connectivity index (χ1) is 5.00. The number of carboxylic acids is 1. The summed E-state index contributed by atoms with van der Waals surface area (Å²) in [5.41, 5.74) is 0. The van der Waals surface area contributed by atoms with Crippen LogP contribution in [-0.4, -0.2) is 33.8 Å². The van der Waals surface area contributed by atoms with E-state index in [2.05, 4.69) is 12.6 Å².